The molecular formula is C17H18N4OS2. The second-order valence-electron chi connectivity index (χ2n) is 7.12. The van der Waals surface area contributed by atoms with E-state index in [-0.39, 0.29) is 17.1 Å². The van der Waals surface area contributed by atoms with E-state index in [1.54, 1.807) is 11.3 Å². The molecule has 4 N–H and O–H groups in total. The monoisotopic (exact) mass is 358 g/mol. The number of rotatable bonds is 1. The molecule has 0 bridgehead atoms. The first kappa shape index (κ1) is 15.5. The number of allylic oxidation sites excluding steroid dienone is 2. The van der Waals surface area contributed by atoms with Crippen LogP contribution in [0.15, 0.2) is 28.8 Å². The number of nitrogens with two attached hydrogens (primary N) is 1. The largest absolute Gasteiger partial charge is 0.385 e. The number of aromatic nitrogens is 2. The van der Waals surface area contributed by atoms with Crippen LogP contribution in [0.1, 0.15) is 43.0 Å². The van der Waals surface area contributed by atoms with Crippen molar-refractivity contribution in [1.29, 1.82) is 0 Å². The minimum Gasteiger partial charge on any atom is -0.385 e. The molecule has 2 aromatic rings. The van der Waals surface area contributed by atoms with Crippen molar-refractivity contribution in [1.82, 2.24) is 9.97 Å². The van der Waals surface area contributed by atoms with Gasteiger partial charge in [-0.1, -0.05) is 19.9 Å². The van der Waals surface area contributed by atoms with E-state index in [1.807, 2.05) is 17.5 Å². The second-order valence-corrected chi connectivity index (χ2v) is 8.49. The normalized spacial score (nSPS) is 21.9. The molecule has 4 rings (SSSR count). The van der Waals surface area contributed by atoms with Gasteiger partial charge in [0.1, 0.15) is 11.6 Å². The number of nitrogens with one attached hydrogen (secondary N) is 2. The first-order valence-corrected chi connectivity index (χ1v) is 9.11. The summed E-state index contributed by atoms with van der Waals surface area (Å²) >= 11 is 6.80. The van der Waals surface area contributed by atoms with Gasteiger partial charge in [0.25, 0.3) is 0 Å². The predicted molar refractivity (Wildman–Crippen MR) is 98.7 cm³/mol. The Balaban J connectivity index is 1.99. The number of carbonyl (C=O) groups is 1. The van der Waals surface area contributed by atoms with Crippen LogP contribution in [0.5, 0.6) is 0 Å². The highest BCUT2D eigenvalue weighted by Crippen LogP contribution is 2.50. The molecule has 0 fully saturated rings. The van der Waals surface area contributed by atoms with Gasteiger partial charge >= 0.3 is 0 Å². The van der Waals surface area contributed by atoms with Gasteiger partial charge in [-0.3, -0.25) is 4.79 Å². The van der Waals surface area contributed by atoms with Crippen molar-refractivity contribution in [3.05, 3.63) is 44.0 Å². The minimum absolute atomic E-state index is 0.0658. The molecule has 0 radical (unpaired) electrons. The van der Waals surface area contributed by atoms with E-state index >= 15 is 0 Å². The Morgan fingerprint density at radius 3 is 2.92 bits per heavy atom. The van der Waals surface area contributed by atoms with Gasteiger partial charge < -0.3 is 16.0 Å². The van der Waals surface area contributed by atoms with Crippen LogP contribution in [0.3, 0.4) is 0 Å². The maximum Gasteiger partial charge on any atom is 0.200 e. The van der Waals surface area contributed by atoms with Crippen molar-refractivity contribution in [2.75, 3.05) is 11.1 Å². The van der Waals surface area contributed by atoms with Crippen LogP contribution in [0.4, 0.5) is 11.6 Å². The Morgan fingerprint density at radius 1 is 1.42 bits per heavy atom. The molecule has 0 saturated carbocycles. The third kappa shape index (κ3) is 2.39. The molecule has 2 aromatic heterocycles. The van der Waals surface area contributed by atoms with Crippen LogP contribution in [-0.2, 0) is 4.79 Å². The molecule has 3 heterocycles. The van der Waals surface area contributed by atoms with Crippen LogP contribution >= 0.6 is 23.6 Å². The van der Waals surface area contributed by atoms with Gasteiger partial charge in [-0.25, -0.2) is 4.98 Å². The number of H-pyrrole nitrogens is 1. The van der Waals surface area contributed by atoms with Gasteiger partial charge in [0, 0.05) is 28.1 Å². The quantitative estimate of drug-likeness (QED) is 0.672. The Labute approximate surface area is 149 Å². The zero-order chi connectivity index (χ0) is 17.1. The van der Waals surface area contributed by atoms with Crippen LogP contribution in [0.2, 0.25) is 0 Å². The number of Topliss-reactive ketones (excluding diaryl/α,β-unsaturated/α-hetero) is 1. The number of carbonyl (C=O) groups excluding carboxylic acids is 1. The molecule has 1 unspecified atom stereocenters. The van der Waals surface area contributed by atoms with Crippen molar-refractivity contribution in [3.8, 4) is 0 Å². The highest BCUT2D eigenvalue weighted by atomic mass is 32.1. The number of thiophene rings is 1. The third-order valence-electron chi connectivity index (χ3n) is 4.59. The van der Waals surface area contributed by atoms with Crippen molar-refractivity contribution in [3.63, 3.8) is 0 Å². The smallest absolute Gasteiger partial charge is 0.200 e. The van der Waals surface area contributed by atoms with E-state index in [0.29, 0.717) is 22.8 Å². The molecule has 7 heteroatoms. The summed E-state index contributed by atoms with van der Waals surface area (Å²) in [5, 5.41) is 5.36. The van der Waals surface area contributed by atoms with Crippen LogP contribution in [0.25, 0.3) is 0 Å². The number of nitrogen functional groups attached to an aromatic ring is 1. The lowest BCUT2D eigenvalue weighted by molar-refractivity contribution is -0.118. The molecule has 0 amide bonds. The molecule has 124 valence electrons. The second kappa shape index (κ2) is 5.26. The maximum atomic E-state index is 13.0. The Bertz CT molecular complexity index is 925. The number of aromatic amines is 1. The number of hydrogen-bond donors (Lipinski definition) is 3. The van der Waals surface area contributed by atoms with Gasteiger partial charge in [0.15, 0.2) is 10.6 Å². The minimum atomic E-state index is -0.181. The molecule has 2 aliphatic rings. The van der Waals surface area contributed by atoms with E-state index in [2.05, 4.69) is 29.1 Å². The summed E-state index contributed by atoms with van der Waals surface area (Å²) in [6, 6.07) is 4.04. The Morgan fingerprint density at radius 2 is 2.21 bits per heavy atom. The predicted octanol–water partition coefficient (Wildman–Crippen LogP) is 3.98. The lowest BCUT2D eigenvalue weighted by Crippen LogP contribution is -2.34. The van der Waals surface area contributed by atoms with E-state index in [9.17, 15) is 4.79 Å². The average Bonchev–Trinajstić information content (AvgIpc) is 2.96. The van der Waals surface area contributed by atoms with Crippen molar-refractivity contribution in [2.45, 2.75) is 32.6 Å². The molecule has 5 nitrogen and oxygen atoms in total. The number of hydrogen-bond acceptors (Lipinski definition) is 6. The summed E-state index contributed by atoms with van der Waals surface area (Å²) < 4.78 is 0.342. The van der Waals surface area contributed by atoms with Gasteiger partial charge in [-0.15, -0.1) is 11.3 Å². The van der Waals surface area contributed by atoms with E-state index < -0.39 is 0 Å². The topological polar surface area (TPSA) is 83.8 Å². The average molecular weight is 358 g/mol. The number of anilines is 2. The maximum absolute atomic E-state index is 13.0. The fourth-order valence-electron chi connectivity index (χ4n) is 3.70. The summed E-state index contributed by atoms with van der Waals surface area (Å²) in [6.07, 6.45) is 1.35. The van der Waals surface area contributed by atoms with E-state index in [4.69, 9.17) is 18.0 Å². The molecule has 0 spiro atoms. The number of fused-ring (bicyclic) bond motifs is 1. The van der Waals surface area contributed by atoms with E-state index in [0.717, 1.165) is 28.1 Å². The number of ketones is 1. The lowest BCUT2D eigenvalue weighted by Gasteiger charge is -2.38. The number of nitrogens with zero attached hydrogens (tertiary/aromatic N) is 1. The standard InChI is InChI=1S/C17H18N4OS2/c1-17(2)6-8-11(9(22)7-17)12(10-4-3-5-24-10)13-14(18)20-16(23)21-15(13)19-8/h3-5,12H,6-7H2,1-2H3,(H4,18,19,20,21,23). The molecule has 1 aliphatic carbocycles. The highest BCUT2D eigenvalue weighted by Gasteiger charge is 2.42. The van der Waals surface area contributed by atoms with Gasteiger partial charge in [0.05, 0.1) is 5.92 Å². The van der Waals surface area contributed by atoms with Crippen LogP contribution in [0, 0.1) is 10.2 Å². The molecule has 24 heavy (non-hydrogen) atoms. The van der Waals surface area contributed by atoms with Crippen molar-refractivity contribution in [2.24, 2.45) is 5.41 Å². The zero-order valence-corrected chi connectivity index (χ0v) is 15.1. The fraction of sp³-hybridized carbons (Fsp3) is 0.353. The molecule has 1 atom stereocenters. The summed E-state index contributed by atoms with van der Waals surface area (Å²) in [6.45, 7) is 4.23. The lowest BCUT2D eigenvalue weighted by atomic mass is 9.70. The molecule has 0 aromatic carbocycles. The Kier molecular flexibility index (Phi) is 3.40. The fourth-order valence-corrected chi connectivity index (χ4v) is 4.74. The van der Waals surface area contributed by atoms with Gasteiger partial charge in [0.2, 0.25) is 0 Å². The van der Waals surface area contributed by atoms with Crippen LogP contribution in [-0.4, -0.2) is 15.8 Å². The van der Waals surface area contributed by atoms with Gasteiger partial charge in [-0.2, -0.15) is 0 Å². The third-order valence-corrected chi connectivity index (χ3v) is 5.73. The SMILES string of the molecule is CC1(C)CC(=O)C2=C(C1)Nc1nc(=S)[nH]c(N)c1C2c1cccs1. The Hall–Kier alpha value is -1.99. The molecular weight excluding hydrogens is 340 g/mol. The summed E-state index contributed by atoms with van der Waals surface area (Å²) in [5.74, 6) is 1.14. The highest BCUT2D eigenvalue weighted by molar-refractivity contribution is 7.71. The van der Waals surface area contributed by atoms with Gasteiger partial charge in [-0.05, 0) is 35.5 Å². The first-order valence-electron chi connectivity index (χ1n) is 7.82. The summed E-state index contributed by atoms with van der Waals surface area (Å²) in [4.78, 5) is 21.4. The van der Waals surface area contributed by atoms with Crippen molar-refractivity contribution < 1.29 is 4.79 Å². The summed E-state index contributed by atoms with van der Waals surface area (Å²) in [5.41, 5.74) is 8.76. The first-order chi connectivity index (χ1) is 11.4. The molecule has 0 saturated heterocycles. The summed E-state index contributed by atoms with van der Waals surface area (Å²) in [7, 11) is 0. The molecule has 1 aliphatic heterocycles. The van der Waals surface area contributed by atoms with E-state index in [1.165, 1.54) is 0 Å². The zero-order valence-electron chi connectivity index (χ0n) is 13.5. The van der Waals surface area contributed by atoms with Crippen LogP contribution < -0.4 is 11.1 Å². The van der Waals surface area contributed by atoms with Crippen molar-refractivity contribution >= 4 is 41.0 Å².